The van der Waals surface area contributed by atoms with Gasteiger partial charge in [-0.2, -0.15) is 0 Å². The van der Waals surface area contributed by atoms with Crippen LogP contribution in [-0.4, -0.2) is 21.1 Å². The molecule has 1 aliphatic rings. The number of Topliss-reactive ketones (excluding diaryl/α,β-unsaturated/α-hetero) is 1. The fourth-order valence-corrected chi connectivity index (χ4v) is 4.35. The lowest BCUT2D eigenvalue weighted by Crippen LogP contribution is -2.05. The Labute approximate surface area is 151 Å². The van der Waals surface area contributed by atoms with Crippen molar-refractivity contribution >= 4 is 28.6 Å². The smallest absolute Gasteiger partial charge is 0.173 e. The molecule has 0 saturated heterocycles. The standard InChI is InChI=1S/C21H20N2OS/c1-2-12-23-19-9-4-3-8-18(19)22-21(23)25-14-20(24)17-11-10-15-6-5-7-16(15)13-17/h2-4,8-11,13H,1,5-7,12,14H2. The molecular weight excluding hydrogens is 328 g/mol. The van der Waals surface area contributed by atoms with Gasteiger partial charge < -0.3 is 4.57 Å². The van der Waals surface area contributed by atoms with E-state index in [2.05, 4.69) is 34.3 Å². The number of aromatic nitrogens is 2. The van der Waals surface area contributed by atoms with Crippen molar-refractivity contribution in [1.82, 2.24) is 9.55 Å². The fourth-order valence-electron chi connectivity index (χ4n) is 3.43. The number of carbonyl (C=O) groups excluding carboxylic acids is 1. The van der Waals surface area contributed by atoms with E-state index in [1.54, 1.807) is 0 Å². The summed E-state index contributed by atoms with van der Waals surface area (Å²) in [6, 6.07) is 14.2. The summed E-state index contributed by atoms with van der Waals surface area (Å²) in [6.07, 6.45) is 5.30. The average molecular weight is 348 g/mol. The highest BCUT2D eigenvalue weighted by Crippen LogP contribution is 2.26. The second-order valence-electron chi connectivity index (χ2n) is 6.33. The number of hydrogen-bond acceptors (Lipinski definition) is 3. The quantitative estimate of drug-likeness (QED) is 0.368. The summed E-state index contributed by atoms with van der Waals surface area (Å²) in [5.41, 5.74) is 5.60. The molecule has 0 atom stereocenters. The van der Waals surface area contributed by atoms with E-state index in [4.69, 9.17) is 0 Å². The van der Waals surface area contributed by atoms with Gasteiger partial charge in [0, 0.05) is 12.1 Å². The van der Waals surface area contributed by atoms with E-state index in [1.165, 1.54) is 29.3 Å². The second kappa shape index (κ2) is 6.89. The van der Waals surface area contributed by atoms with Gasteiger partial charge in [0.25, 0.3) is 0 Å². The van der Waals surface area contributed by atoms with E-state index in [0.29, 0.717) is 12.3 Å². The third-order valence-corrected chi connectivity index (χ3v) is 5.66. The molecule has 2 aromatic carbocycles. The Morgan fingerprint density at radius 1 is 1.20 bits per heavy atom. The van der Waals surface area contributed by atoms with Crippen LogP contribution >= 0.6 is 11.8 Å². The Morgan fingerprint density at radius 2 is 2.04 bits per heavy atom. The highest BCUT2D eigenvalue weighted by Gasteiger charge is 2.16. The number of hydrogen-bond donors (Lipinski definition) is 0. The van der Waals surface area contributed by atoms with Crippen molar-refractivity contribution in [1.29, 1.82) is 0 Å². The SMILES string of the molecule is C=CCn1c(SCC(=O)c2ccc3c(c2)CCC3)nc2ccccc21. The van der Waals surface area contributed by atoms with Crippen LogP contribution in [0.1, 0.15) is 27.9 Å². The maximum absolute atomic E-state index is 12.6. The minimum Gasteiger partial charge on any atom is -0.315 e. The van der Waals surface area contributed by atoms with Crippen LogP contribution in [0.5, 0.6) is 0 Å². The molecule has 0 spiro atoms. The van der Waals surface area contributed by atoms with Gasteiger partial charge in [0.1, 0.15) is 0 Å². The van der Waals surface area contributed by atoms with Crippen LogP contribution in [0.15, 0.2) is 60.3 Å². The summed E-state index contributed by atoms with van der Waals surface area (Å²) in [4.78, 5) is 17.3. The summed E-state index contributed by atoms with van der Waals surface area (Å²) in [7, 11) is 0. The largest absolute Gasteiger partial charge is 0.315 e. The van der Waals surface area contributed by atoms with Crippen LogP contribution in [0.25, 0.3) is 11.0 Å². The molecule has 0 unspecified atom stereocenters. The number of allylic oxidation sites excluding steroid dienone is 1. The number of rotatable bonds is 6. The van der Waals surface area contributed by atoms with Crippen molar-refractivity contribution in [3.63, 3.8) is 0 Å². The van der Waals surface area contributed by atoms with E-state index < -0.39 is 0 Å². The molecule has 0 radical (unpaired) electrons. The van der Waals surface area contributed by atoms with E-state index >= 15 is 0 Å². The third-order valence-electron chi connectivity index (χ3n) is 4.68. The number of ketones is 1. The Hall–Kier alpha value is -2.33. The van der Waals surface area contributed by atoms with Gasteiger partial charge in [-0.15, -0.1) is 6.58 Å². The fraction of sp³-hybridized carbons (Fsp3) is 0.238. The zero-order valence-electron chi connectivity index (χ0n) is 14.1. The number of nitrogens with zero attached hydrogens (tertiary/aromatic N) is 2. The van der Waals surface area contributed by atoms with Crippen LogP contribution in [-0.2, 0) is 19.4 Å². The summed E-state index contributed by atoms with van der Waals surface area (Å²) < 4.78 is 2.11. The van der Waals surface area contributed by atoms with Gasteiger partial charge in [-0.25, -0.2) is 4.98 Å². The minimum absolute atomic E-state index is 0.164. The van der Waals surface area contributed by atoms with Gasteiger partial charge in [0.15, 0.2) is 10.9 Å². The van der Waals surface area contributed by atoms with Gasteiger partial charge in [0.2, 0.25) is 0 Å². The predicted molar refractivity (Wildman–Crippen MR) is 103 cm³/mol. The van der Waals surface area contributed by atoms with Crippen LogP contribution in [0.4, 0.5) is 0 Å². The molecule has 1 aromatic heterocycles. The normalized spacial score (nSPS) is 13.1. The number of imidazole rings is 1. The molecule has 3 aromatic rings. The first kappa shape index (κ1) is 16.2. The van der Waals surface area contributed by atoms with Crippen molar-refractivity contribution in [3.05, 3.63) is 71.8 Å². The first-order chi connectivity index (χ1) is 12.3. The molecule has 0 bridgehead atoms. The molecule has 0 saturated carbocycles. The van der Waals surface area contributed by atoms with Crippen molar-refractivity contribution < 1.29 is 4.79 Å². The van der Waals surface area contributed by atoms with Gasteiger partial charge >= 0.3 is 0 Å². The molecular formula is C21H20N2OS. The highest BCUT2D eigenvalue weighted by atomic mass is 32.2. The molecule has 1 heterocycles. The Balaban J connectivity index is 1.54. The first-order valence-electron chi connectivity index (χ1n) is 8.60. The van der Waals surface area contributed by atoms with Crippen molar-refractivity contribution in [2.24, 2.45) is 0 Å². The van der Waals surface area contributed by atoms with E-state index in [0.717, 1.165) is 34.6 Å². The molecule has 3 nitrogen and oxygen atoms in total. The molecule has 1 aliphatic carbocycles. The summed E-state index contributed by atoms with van der Waals surface area (Å²) in [5, 5.41) is 0.871. The van der Waals surface area contributed by atoms with Gasteiger partial charge in [0.05, 0.1) is 16.8 Å². The molecule has 0 amide bonds. The maximum Gasteiger partial charge on any atom is 0.173 e. The first-order valence-corrected chi connectivity index (χ1v) is 9.59. The lowest BCUT2D eigenvalue weighted by Gasteiger charge is -2.07. The molecule has 0 aliphatic heterocycles. The number of fused-ring (bicyclic) bond motifs is 2. The molecule has 25 heavy (non-hydrogen) atoms. The molecule has 4 heteroatoms. The minimum atomic E-state index is 0.164. The van der Waals surface area contributed by atoms with Crippen LogP contribution in [0.3, 0.4) is 0 Å². The summed E-state index contributed by atoms with van der Waals surface area (Å²) in [5.74, 6) is 0.566. The number of thioether (sulfide) groups is 1. The average Bonchev–Trinajstić information content (AvgIpc) is 3.24. The van der Waals surface area contributed by atoms with E-state index in [1.807, 2.05) is 30.3 Å². The molecule has 4 rings (SSSR count). The van der Waals surface area contributed by atoms with Gasteiger partial charge in [-0.05, 0) is 48.6 Å². The van der Waals surface area contributed by atoms with Gasteiger partial charge in [-0.1, -0.05) is 42.1 Å². The third kappa shape index (κ3) is 3.14. The van der Waals surface area contributed by atoms with Crippen LogP contribution in [0, 0.1) is 0 Å². The molecule has 0 fully saturated rings. The van der Waals surface area contributed by atoms with Crippen LogP contribution < -0.4 is 0 Å². The van der Waals surface area contributed by atoms with E-state index in [-0.39, 0.29) is 5.78 Å². The zero-order chi connectivity index (χ0) is 17.2. The number of aryl methyl sites for hydroxylation is 2. The topological polar surface area (TPSA) is 34.9 Å². The Bertz CT molecular complexity index is 958. The van der Waals surface area contributed by atoms with Crippen molar-refractivity contribution in [3.8, 4) is 0 Å². The summed E-state index contributed by atoms with van der Waals surface area (Å²) >= 11 is 1.50. The Kier molecular flexibility index (Phi) is 4.45. The lowest BCUT2D eigenvalue weighted by molar-refractivity contribution is 0.102. The van der Waals surface area contributed by atoms with E-state index in [9.17, 15) is 4.79 Å². The lowest BCUT2D eigenvalue weighted by atomic mass is 10.0. The van der Waals surface area contributed by atoms with Crippen molar-refractivity contribution in [2.45, 2.75) is 31.0 Å². The number of para-hydroxylation sites is 2. The molecule has 126 valence electrons. The zero-order valence-corrected chi connectivity index (χ0v) is 14.9. The second-order valence-corrected chi connectivity index (χ2v) is 7.27. The predicted octanol–water partition coefficient (Wildman–Crippen LogP) is 4.69. The Morgan fingerprint density at radius 3 is 2.92 bits per heavy atom. The van der Waals surface area contributed by atoms with Crippen molar-refractivity contribution in [2.75, 3.05) is 5.75 Å². The molecule has 0 N–H and O–H groups in total. The summed E-state index contributed by atoms with van der Waals surface area (Å²) in [6.45, 7) is 4.53. The number of carbonyl (C=O) groups is 1. The maximum atomic E-state index is 12.6. The number of benzene rings is 2. The van der Waals surface area contributed by atoms with Crippen LogP contribution in [0.2, 0.25) is 0 Å². The highest BCUT2D eigenvalue weighted by molar-refractivity contribution is 7.99. The van der Waals surface area contributed by atoms with Gasteiger partial charge in [-0.3, -0.25) is 4.79 Å². The monoisotopic (exact) mass is 348 g/mol.